The third-order valence-corrected chi connectivity index (χ3v) is 5.19. The molecule has 1 aromatic carbocycles. The minimum atomic E-state index is -0.531. The summed E-state index contributed by atoms with van der Waals surface area (Å²) in [6, 6.07) is 9.12. The first-order chi connectivity index (χ1) is 12.6. The zero-order valence-electron chi connectivity index (χ0n) is 14.6. The zero-order chi connectivity index (χ0) is 18.4. The Morgan fingerprint density at radius 2 is 1.88 bits per heavy atom. The molecule has 7 nitrogen and oxygen atoms in total. The Morgan fingerprint density at radius 1 is 1.15 bits per heavy atom. The summed E-state index contributed by atoms with van der Waals surface area (Å²) in [5, 5.41) is 13.0. The third-order valence-electron chi connectivity index (χ3n) is 4.25. The Hall–Kier alpha value is -2.35. The van der Waals surface area contributed by atoms with Crippen molar-refractivity contribution in [3.05, 3.63) is 30.3 Å². The summed E-state index contributed by atoms with van der Waals surface area (Å²) < 4.78 is 5.58. The van der Waals surface area contributed by atoms with Crippen LogP contribution in [0.15, 0.2) is 40.0 Å². The van der Waals surface area contributed by atoms with Crippen LogP contribution in [0.25, 0.3) is 11.5 Å². The first kappa shape index (κ1) is 18.4. The van der Waals surface area contributed by atoms with Crippen LogP contribution in [0.1, 0.15) is 39.0 Å². The number of imide groups is 1. The van der Waals surface area contributed by atoms with Crippen LogP contribution in [-0.2, 0) is 4.79 Å². The molecule has 8 heteroatoms. The molecule has 26 heavy (non-hydrogen) atoms. The highest BCUT2D eigenvalue weighted by atomic mass is 32.2. The van der Waals surface area contributed by atoms with Crippen molar-refractivity contribution in [3.8, 4) is 11.5 Å². The van der Waals surface area contributed by atoms with Crippen molar-refractivity contribution < 1.29 is 14.0 Å². The summed E-state index contributed by atoms with van der Waals surface area (Å²) in [5.74, 6) is 0.0125. The van der Waals surface area contributed by atoms with Gasteiger partial charge in [0.2, 0.25) is 11.8 Å². The molecular formula is C18H22N4O3S. The van der Waals surface area contributed by atoms with Crippen molar-refractivity contribution in [1.29, 1.82) is 0 Å². The number of hydrogen-bond acceptors (Lipinski definition) is 6. The largest absolute Gasteiger partial charge is 0.411 e. The number of carbonyl (C=O) groups excluding carboxylic acids is 2. The molecule has 0 radical (unpaired) electrons. The second-order valence-electron chi connectivity index (χ2n) is 6.30. The van der Waals surface area contributed by atoms with Gasteiger partial charge in [0.1, 0.15) is 0 Å². The molecule has 0 saturated heterocycles. The van der Waals surface area contributed by atoms with E-state index in [9.17, 15) is 9.59 Å². The Morgan fingerprint density at radius 3 is 2.62 bits per heavy atom. The van der Waals surface area contributed by atoms with E-state index < -0.39 is 11.3 Å². The average molecular weight is 374 g/mol. The van der Waals surface area contributed by atoms with E-state index in [1.165, 1.54) is 6.42 Å². The highest BCUT2D eigenvalue weighted by molar-refractivity contribution is 8.00. The van der Waals surface area contributed by atoms with E-state index in [1.807, 2.05) is 30.3 Å². The molecule has 3 amide bonds. The number of aromatic nitrogens is 2. The smallest absolute Gasteiger partial charge is 0.321 e. The number of hydrogen-bond donors (Lipinski definition) is 2. The van der Waals surface area contributed by atoms with Crippen LogP contribution >= 0.6 is 11.8 Å². The van der Waals surface area contributed by atoms with Gasteiger partial charge in [-0.1, -0.05) is 49.2 Å². The molecule has 1 fully saturated rings. The van der Waals surface area contributed by atoms with Gasteiger partial charge < -0.3 is 9.73 Å². The normalized spacial score (nSPS) is 16.0. The standard InChI is InChI=1S/C18H22N4O3S/c1-12(15(23)20-17(24)19-14-10-6-3-7-11-14)26-18-22-21-16(25-18)13-8-4-2-5-9-13/h2,4-5,8-9,12,14H,3,6-7,10-11H2,1H3,(H2,19,20,23,24)/t12-/m0/s1. The number of nitrogens with zero attached hydrogens (tertiary/aromatic N) is 2. The van der Waals surface area contributed by atoms with E-state index in [4.69, 9.17) is 4.42 Å². The average Bonchev–Trinajstić information content (AvgIpc) is 3.11. The van der Waals surface area contributed by atoms with Crippen molar-refractivity contribution in [2.45, 2.75) is 55.5 Å². The second-order valence-corrected chi connectivity index (χ2v) is 7.59. The highest BCUT2D eigenvalue weighted by Crippen LogP contribution is 2.26. The number of carbonyl (C=O) groups is 2. The maximum absolute atomic E-state index is 12.2. The summed E-state index contributed by atoms with van der Waals surface area (Å²) in [4.78, 5) is 24.2. The van der Waals surface area contributed by atoms with Gasteiger partial charge in [-0.05, 0) is 31.9 Å². The molecular weight excluding hydrogens is 352 g/mol. The monoisotopic (exact) mass is 374 g/mol. The van der Waals surface area contributed by atoms with Gasteiger partial charge in [0, 0.05) is 11.6 Å². The van der Waals surface area contributed by atoms with Gasteiger partial charge >= 0.3 is 6.03 Å². The fourth-order valence-corrected chi connectivity index (χ4v) is 3.52. The molecule has 3 rings (SSSR count). The first-order valence-corrected chi connectivity index (χ1v) is 9.67. The molecule has 1 aromatic heterocycles. The molecule has 1 heterocycles. The Labute approximate surface area is 156 Å². The van der Waals surface area contributed by atoms with Gasteiger partial charge in [-0.15, -0.1) is 10.2 Å². The van der Waals surface area contributed by atoms with Crippen LogP contribution < -0.4 is 10.6 Å². The Kier molecular flexibility index (Phi) is 6.27. The molecule has 0 unspecified atom stereocenters. The molecule has 0 spiro atoms. The zero-order valence-corrected chi connectivity index (χ0v) is 15.4. The molecule has 1 atom stereocenters. The van der Waals surface area contributed by atoms with E-state index in [1.54, 1.807) is 6.92 Å². The summed E-state index contributed by atoms with van der Waals surface area (Å²) in [7, 11) is 0. The summed E-state index contributed by atoms with van der Waals surface area (Å²) in [5.41, 5.74) is 0.816. The lowest BCUT2D eigenvalue weighted by Crippen LogP contribution is -2.47. The predicted octanol–water partition coefficient (Wildman–Crippen LogP) is 3.38. The first-order valence-electron chi connectivity index (χ1n) is 8.79. The van der Waals surface area contributed by atoms with Crippen molar-refractivity contribution >= 4 is 23.7 Å². The fraction of sp³-hybridized carbons (Fsp3) is 0.444. The SMILES string of the molecule is C[C@H](Sc1nnc(-c2ccccc2)o1)C(=O)NC(=O)NC1CCCCC1. The van der Waals surface area contributed by atoms with Gasteiger partial charge in [-0.3, -0.25) is 10.1 Å². The summed E-state index contributed by atoms with van der Waals surface area (Å²) >= 11 is 1.12. The van der Waals surface area contributed by atoms with Crippen molar-refractivity contribution in [2.75, 3.05) is 0 Å². The molecule has 1 aliphatic carbocycles. The summed E-state index contributed by atoms with van der Waals surface area (Å²) in [6.45, 7) is 1.69. The van der Waals surface area contributed by atoms with Gasteiger partial charge in [0.25, 0.3) is 5.22 Å². The molecule has 1 aliphatic rings. The molecule has 0 aliphatic heterocycles. The number of urea groups is 1. The van der Waals surface area contributed by atoms with Gasteiger partial charge in [-0.2, -0.15) is 0 Å². The lowest BCUT2D eigenvalue weighted by atomic mass is 9.96. The van der Waals surface area contributed by atoms with Gasteiger partial charge in [-0.25, -0.2) is 4.79 Å². The van der Waals surface area contributed by atoms with Crippen molar-refractivity contribution in [3.63, 3.8) is 0 Å². The topological polar surface area (TPSA) is 97.1 Å². The Balaban J connectivity index is 1.49. The van der Waals surface area contributed by atoms with Crippen LogP contribution in [0.2, 0.25) is 0 Å². The molecule has 1 saturated carbocycles. The van der Waals surface area contributed by atoms with Gasteiger partial charge in [0.05, 0.1) is 5.25 Å². The van der Waals surface area contributed by atoms with Crippen molar-refractivity contribution in [2.24, 2.45) is 0 Å². The minimum Gasteiger partial charge on any atom is -0.411 e. The highest BCUT2D eigenvalue weighted by Gasteiger charge is 2.22. The lowest BCUT2D eigenvalue weighted by Gasteiger charge is -2.22. The third kappa shape index (κ3) is 5.08. The van der Waals surface area contributed by atoms with Gasteiger partial charge in [0.15, 0.2) is 0 Å². The van der Waals surface area contributed by atoms with Crippen molar-refractivity contribution in [1.82, 2.24) is 20.8 Å². The van der Waals surface area contributed by atoms with Crippen LogP contribution in [-0.4, -0.2) is 33.4 Å². The van der Waals surface area contributed by atoms with Crippen LogP contribution in [0.3, 0.4) is 0 Å². The molecule has 0 bridgehead atoms. The number of rotatable bonds is 5. The maximum Gasteiger partial charge on any atom is 0.321 e. The maximum atomic E-state index is 12.2. The fourth-order valence-electron chi connectivity index (χ4n) is 2.84. The second kappa shape index (κ2) is 8.84. The molecule has 2 N–H and O–H groups in total. The van der Waals surface area contributed by atoms with E-state index in [-0.39, 0.29) is 11.9 Å². The number of amides is 3. The van der Waals surface area contributed by atoms with Crippen LogP contribution in [0.4, 0.5) is 4.79 Å². The molecule has 138 valence electrons. The number of nitrogens with one attached hydrogen (secondary N) is 2. The number of benzene rings is 1. The lowest BCUT2D eigenvalue weighted by molar-refractivity contribution is -0.119. The van der Waals surface area contributed by atoms with E-state index in [0.29, 0.717) is 11.1 Å². The summed E-state index contributed by atoms with van der Waals surface area (Å²) in [6.07, 6.45) is 5.38. The Bertz CT molecular complexity index is 744. The molecule has 2 aromatic rings. The van der Waals surface area contributed by atoms with E-state index in [0.717, 1.165) is 43.0 Å². The van der Waals surface area contributed by atoms with E-state index >= 15 is 0 Å². The quantitative estimate of drug-likeness (QED) is 0.779. The predicted molar refractivity (Wildman–Crippen MR) is 98.6 cm³/mol. The van der Waals surface area contributed by atoms with Crippen LogP contribution in [0, 0.1) is 0 Å². The number of thioether (sulfide) groups is 1. The minimum absolute atomic E-state index is 0.156. The van der Waals surface area contributed by atoms with E-state index in [2.05, 4.69) is 20.8 Å². The van der Waals surface area contributed by atoms with Crippen LogP contribution in [0.5, 0.6) is 0 Å².